The lowest BCUT2D eigenvalue weighted by atomic mass is 10.1. The van der Waals surface area contributed by atoms with Crippen molar-refractivity contribution in [3.63, 3.8) is 0 Å². The van der Waals surface area contributed by atoms with Gasteiger partial charge in [-0.15, -0.1) is 0 Å². The van der Waals surface area contributed by atoms with E-state index in [1.165, 1.54) is 0 Å². The Hall–Kier alpha value is -2.83. The average Bonchev–Trinajstić information content (AvgIpc) is 3.24. The molecule has 1 saturated carbocycles. The van der Waals surface area contributed by atoms with E-state index in [9.17, 15) is 4.79 Å². The largest absolute Gasteiger partial charge is 0.387 e. The van der Waals surface area contributed by atoms with Crippen LogP contribution in [0.1, 0.15) is 12.8 Å². The Bertz CT molecular complexity index is 894. The number of nitrogens with zero attached hydrogens (tertiary/aromatic N) is 4. The fraction of sp³-hybridized carbons (Fsp3) is 0.389. The summed E-state index contributed by atoms with van der Waals surface area (Å²) in [4.78, 5) is 29.2. The zero-order valence-electron chi connectivity index (χ0n) is 13.9. The SMILES string of the molecule is O=C(C1=CNCC=C1)N1CCN(c2ncnc3[nH]ccc23)CC12CC2. The van der Waals surface area contributed by atoms with Crippen molar-refractivity contribution in [3.05, 3.63) is 42.5 Å². The van der Waals surface area contributed by atoms with Crippen molar-refractivity contribution in [2.24, 2.45) is 0 Å². The van der Waals surface area contributed by atoms with Crippen molar-refractivity contribution in [2.45, 2.75) is 18.4 Å². The smallest absolute Gasteiger partial charge is 0.255 e. The predicted octanol–water partition coefficient (Wildman–Crippen LogP) is 1.18. The Morgan fingerprint density at radius 2 is 2.16 bits per heavy atom. The second-order valence-electron chi connectivity index (χ2n) is 6.95. The Morgan fingerprint density at radius 1 is 1.24 bits per heavy atom. The molecule has 0 bridgehead atoms. The zero-order chi connectivity index (χ0) is 16.9. The summed E-state index contributed by atoms with van der Waals surface area (Å²) in [6, 6.07) is 2.02. The maximum atomic E-state index is 12.9. The molecular formula is C18H20N6O. The van der Waals surface area contributed by atoms with E-state index in [2.05, 4.69) is 30.1 Å². The number of aromatic nitrogens is 3. The van der Waals surface area contributed by atoms with E-state index >= 15 is 0 Å². The maximum Gasteiger partial charge on any atom is 0.255 e. The van der Waals surface area contributed by atoms with Crippen molar-refractivity contribution in [1.82, 2.24) is 25.2 Å². The molecule has 5 rings (SSSR count). The third-order valence-electron chi connectivity index (χ3n) is 5.39. The lowest BCUT2D eigenvalue weighted by molar-refractivity contribution is -0.130. The monoisotopic (exact) mass is 336 g/mol. The third-order valence-corrected chi connectivity index (χ3v) is 5.39. The minimum absolute atomic E-state index is 0.0466. The number of hydrogen-bond acceptors (Lipinski definition) is 5. The molecule has 7 heteroatoms. The summed E-state index contributed by atoms with van der Waals surface area (Å²) in [6.45, 7) is 3.13. The minimum atomic E-state index is -0.0466. The number of piperazine rings is 1. The molecule has 2 aliphatic heterocycles. The number of amides is 1. The average molecular weight is 336 g/mol. The number of hydrogen-bond donors (Lipinski definition) is 2. The quantitative estimate of drug-likeness (QED) is 0.861. The van der Waals surface area contributed by atoms with Crippen LogP contribution in [0.4, 0.5) is 5.82 Å². The van der Waals surface area contributed by atoms with E-state index in [0.29, 0.717) is 0 Å². The zero-order valence-corrected chi connectivity index (χ0v) is 13.9. The third kappa shape index (κ3) is 2.30. The number of rotatable bonds is 2. The number of carbonyl (C=O) groups excluding carboxylic acids is 1. The second kappa shape index (κ2) is 5.34. The number of nitrogens with one attached hydrogen (secondary N) is 2. The molecule has 128 valence electrons. The van der Waals surface area contributed by atoms with Gasteiger partial charge < -0.3 is 20.1 Å². The molecule has 2 aromatic heterocycles. The summed E-state index contributed by atoms with van der Waals surface area (Å²) < 4.78 is 0. The molecule has 0 unspecified atom stereocenters. The van der Waals surface area contributed by atoms with Crippen LogP contribution in [0.2, 0.25) is 0 Å². The van der Waals surface area contributed by atoms with E-state index in [1.54, 1.807) is 6.33 Å². The maximum absolute atomic E-state index is 12.9. The lowest BCUT2D eigenvalue weighted by Gasteiger charge is -2.43. The highest BCUT2D eigenvalue weighted by atomic mass is 16.2. The Kier molecular flexibility index (Phi) is 3.10. The van der Waals surface area contributed by atoms with E-state index < -0.39 is 0 Å². The van der Waals surface area contributed by atoms with Gasteiger partial charge in [-0.05, 0) is 18.9 Å². The standard InChI is InChI=1S/C18H20N6O/c25-17(13-2-1-6-19-10-13)24-9-8-23(11-18(24)4-5-18)16-14-3-7-20-15(14)21-12-22-16/h1-3,7,10,12,19H,4-6,8-9,11H2,(H,20,21,22). The van der Waals surface area contributed by atoms with Gasteiger partial charge in [-0.2, -0.15) is 0 Å². The van der Waals surface area contributed by atoms with Gasteiger partial charge in [0.2, 0.25) is 0 Å². The van der Waals surface area contributed by atoms with E-state index in [-0.39, 0.29) is 11.4 Å². The molecule has 0 aromatic carbocycles. The van der Waals surface area contributed by atoms with Crippen LogP contribution in [0.3, 0.4) is 0 Å². The summed E-state index contributed by atoms with van der Waals surface area (Å²) in [5, 5.41) is 4.17. The van der Waals surface area contributed by atoms with Crippen LogP contribution in [0.5, 0.6) is 0 Å². The summed E-state index contributed by atoms with van der Waals surface area (Å²) in [5.74, 6) is 1.10. The van der Waals surface area contributed by atoms with Gasteiger partial charge in [0.1, 0.15) is 17.8 Å². The van der Waals surface area contributed by atoms with Gasteiger partial charge >= 0.3 is 0 Å². The van der Waals surface area contributed by atoms with Crippen LogP contribution in [0.25, 0.3) is 11.0 Å². The first-order valence-corrected chi connectivity index (χ1v) is 8.72. The first-order chi connectivity index (χ1) is 12.3. The highest BCUT2D eigenvalue weighted by molar-refractivity contribution is 5.97. The number of dihydropyridines is 1. The van der Waals surface area contributed by atoms with E-state index in [4.69, 9.17) is 0 Å². The molecule has 0 atom stereocenters. The van der Waals surface area contributed by atoms with Crippen molar-refractivity contribution < 1.29 is 4.79 Å². The highest BCUT2D eigenvalue weighted by Crippen LogP contribution is 2.46. The van der Waals surface area contributed by atoms with Crippen LogP contribution < -0.4 is 10.2 Å². The van der Waals surface area contributed by atoms with Crippen LogP contribution in [0.15, 0.2) is 42.5 Å². The van der Waals surface area contributed by atoms with Gasteiger partial charge in [0.05, 0.1) is 16.5 Å². The molecule has 2 aromatic rings. The molecule has 1 spiro atoms. The molecule has 25 heavy (non-hydrogen) atoms. The van der Waals surface area contributed by atoms with Crippen molar-refractivity contribution in [2.75, 3.05) is 31.1 Å². The fourth-order valence-corrected chi connectivity index (χ4v) is 3.92. The van der Waals surface area contributed by atoms with Gasteiger partial charge in [-0.3, -0.25) is 4.79 Å². The molecule has 1 aliphatic carbocycles. The fourth-order valence-electron chi connectivity index (χ4n) is 3.92. The molecule has 4 heterocycles. The summed E-state index contributed by atoms with van der Waals surface area (Å²) in [6.07, 6.45) is 11.4. The van der Waals surface area contributed by atoms with Crippen molar-refractivity contribution in [1.29, 1.82) is 0 Å². The molecular weight excluding hydrogens is 316 g/mol. The number of anilines is 1. The normalized spacial score (nSPS) is 21.4. The first-order valence-electron chi connectivity index (χ1n) is 8.72. The molecule has 1 amide bonds. The molecule has 3 aliphatic rings. The minimum Gasteiger partial charge on any atom is -0.387 e. The van der Waals surface area contributed by atoms with Crippen LogP contribution in [0, 0.1) is 0 Å². The predicted molar refractivity (Wildman–Crippen MR) is 95.0 cm³/mol. The number of H-pyrrole nitrogens is 1. The van der Waals surface area contributed by atoms with Crippen LogP contribution in [-0.2, 0) is 4.79 Å². The van der Waals surface area contributed by atoms with E-state index in [0.717, 1.165) is 61.4 Å². The van der Waals surface area contributed by atoms with Crippen LogP contribution in [-0.4, -0.2) is 57.5 Å². The highest BCUT2D eigenvalue weighted by Gasteiger charge is 2.53. The van der Waals surface area contributed by atoms with Crippen molar-refractivity contribution in [3.8, 4) is 0 Å². The number of fused-ring (bicyclic) bond motifs is 1. The van der Waals surface area contributed by atoms with Crippen molar-refractivity contribution >= 4 is 22.8 Å². The lowest BCUT2D eigenvalue weighted by Crippen LogP contribution is -2.57. The van der Waals surface area contributed by atoms with Gasteiger partial charge in [-0.25, -0.2) is 9.97 Å². The summed E-state index contributed by atoms with van der Waals surface area (Å²) in [7, 11) is 0. The van der Waals surface area contributed by atoms with Gasteiger partial charge in [-0.1, -0.05) is 12.2 Å². The topological polar surface area (TPSA) is 77.2 Å². The molecule has 2 fully saturated rings. The molecule has 7 nitrogen and oxygen atoms in total. The van der Waals surface area contributed by atoms with E-state index in [1.807, 2.05) is 30.6 Å². The summed E-state index contributed by atoms with van der Waals surface area (Å²) in [5.41, 5.74) is 1.56. The van der Waals surface area contributed by atoms with Crippen LogP contribution >= 0.6 is 0 Å². The van der Waals surface area contributed by atoms with Gasteiger partial charge in [0.15, 0.2) is 0 Å². The molecule has 1 saturated heterocycles. The Morgan fingerprint density at radius 3 is 2.96 bits per heavy atom. The van der Waals surface area contributed by atoms with Gasteiger partial charge in [0.25, 0.3) is 5.91 Å². The van der Waals surface area contributed by atoms with Gasteiger partial charge in [0, 0.05) is 38.6 Å². The number of carbonyl (C=O) groups is 1. The Balaban J connectivity index is 1.41. The molecule has 0 radical (unpaired) electrons. The Labute approximate surface area is 145 Å². The first kappa shape index (κ1) is 14.5. The molecule has 2 N–H and O–H groups in total. The number of aromatic amines is 1. The summed E-state index contributed by atoms with van der Waals surface area (Å²) >= 11 is 0. The second-order valence-corrected chi connectivity index (χ2v) is 6.95.